The van der Waals surface area contributed by atoms with E-state index in [2.05, 4.69) is 6.58 Å². The predicted octanol–water partition coefficient (Wildman–Crippen LogP) is 2.37. The number of carbonyl (C=O) groups is 2. The minimum atomic E-state index is -1.27. The Bertz CT molecular complexity index is 885. The molecule has 170 valence electrons. The molecule has 0 amide bonds. The monoisotopic (exact) mass is 442 g/mol. The molecule has 8 heteroatoms. The normalized spacial score (nSPS) is 25.0. The molecule has 1 aliphatic heterocycles. The molecule has 1 aliphatic rings. The maximum atomic E-state index is 12.6. The van der Waals surface area contributed by atoms with E-state index < -0.39 is 42.6 Å². The van der Waals surface area contributed by atoms with Crippen molar-refractivity contribution in [3.8, 4) is 0 Å². The van der Waals surface area contributed by atoms with Crippen molar-refractivity contribution in [1.82, 2.24) is 0 Å². The molecule has 1 fully saturated rings. The van der Waals surface area contributed by atoms with E-state index in [1.165, 1.54) is 13.2 Å². The number of hydrogen-bond donors (Lipinski definition) is 1. The van der Waals surface area contributed by atoms with Crippen molar-refractivity contribution in [2.24, 2.45) is 0 Å². The molecule has 0 bridgehead atoms. The van der Waals surface area contributed by atoms with E-state index >= 15 is 0 Å². The number of benzene rings is 2. The number of carbonyl (C=O) groups excluding carboxylic acids is 2. The third-order valence-corrected chi connectivity index (χ3v) is 4.90. The molecule has 32 heavy (non-hydrogen) atoms. The van der Waals surface area contributed by atoms with E-state index in [0.717, 1.165) is 0 Å². The molecule has 0 aliphatic carbocycles. The summed E-state index contributed by atoms with van der Waals surface area (Å²) in [5.41, 5.74) is 0.702. The Balaban J connectivity index is 1.72. The average Bonchev–Trinajstić information content (AvgIpc) is 2.84. The molecule has 2 aromatic carbocycles. The van der Waals surface area contributed by atoms with Crippen LogP contribution in [0.4, 0.5) is 0 Å². The molecule has 1 saturated heterocycles. The van der Waals surface area contributed by atoms with Gasteiger partial charge in [0.1, 0.15) is 24.9 Å². The Labute approximate surface area is 186 Å². The van der Waals surface area contributed by atoms with Crippen LogP contribution in [0.2, 0.25) is 0 Å². The van der Waals surface area contributed by atoms with Crippen LogP contribution in [0.5, 0.6) is 0 Å². The molecule has 2 aromatic rings. The summed E-state index contributed by atoms with van der Waals surface area (Å²) in [6.07, 6.45) is -3.85. The van der Waals surface area contributed by atoms with Crippen LogP contribution in [0.25, 0.3) is 0 Å². The molecule has 0 saturated carbocycles. The van der Waals surface area contributed by atoms with Gasteiger partial charge in [-0.05, 0) is 24.3 Å². The van der Waals surface area contributed by atoms with E-state index in [1.54, 1.807) is 60.7 Å². The van der Waals surface area contributed by atoms with E-state index in [9.17, 15) is 14.7 Å². The second kappa shape index (κ2) is 11.5. The van der Waals surface area contributed by atoms with Crippen LogP contribution in [0.3, 0.4) is 0 Å². The van der Waals surface area contributed by atoms with Gasteiger partial charge in [-0.15, -0.1) is 6.58 Å². The van der Waals surface area contributed by atoms with Gasteiger partial charge in [-0.3, -0.25) is 0 Å². The maximum Gasteiger partial charge on any atom is 0.338 e. The van der Waals surface area contributed by atoms with Crippen molar-refractivity contribution in [3.05, 3.63) is 84.4 Å². The first-order chi connectivity index (χ1) is 15.5. The van der Waals surface area contributed by atoms with Gasteiger partial charge in [0.15, 0.2) is 12.4 Å². The van der Waals surface area contributed by atoms with Crippen molar-refractivity contribution < 1.29 is 38.4 Å². The zero-order chi connectivity index (χ0) is 22.9. The Hall–Kier alpha value is -3.04. The first-order valence-corrected chi connectivity index (χ1v) is 10.1. The third-order valence-electron chi connectivity index (χ3n) is 4.90. The molecule has 0 spiro atoms. The Morgan fingerprint density at radius 2 is 1.59 bits per heavy atom. The highest BCUT2D eigenvalue weighted by atomic mass is 16.7. The number of ether oxygens (including phenoxy) is 5. The lowest BCUT2D eigenvalue weighted by atomic mass is 9.98. The second-order valence-electron chi connectivity index (χ2n) is 7.06. The van der Waals surface area contributed by atoms with E-state index in [0.29, 0.717) is 11.1 Å². The van der Waals surface area contributed by atoms with Gasteiger partial charge in [0.25, 0.3) is 0 Å². The highest BCUT2D eigenvalue weighted by Crippen LogP contribution is 2.28. The third kappa shape index (κ3) is 5.80. The molecule has 1 heterocycles. The maximum absolute atomic E-state index is 12.6. The molecule has 5 atom stereocenters. The van der Waals surface area contributed by atoms with Crippen LogP contribution < -0.4 is 0 Å². The Kier molecular flexibility index (Phi) is 8.52. The minimum Gasteiger partial charge on any atom is -0.459 e. The highest BCUT2D eigenvalue weighted by molar-refractivity contribution is 5.89. The van der Waals surface area contributed by atoms with Crippen molar-refractivity contribution in [2.75, 3.05) is 20.3 Å². The fourth-order valence-corrected chi connectivity index (χ4v) is 3.29. The average molecular weight is 442 g/mol. The lowest BCUT2D eigenvalue weighted by Crippen LogP contribution is -2.61. The van der Waals surface area contributed by atoms with Gasteiger partial charge >= 0.3 is 11.9 Å². The SMILES string of the molecule is C=CCO[C@H]1[C@@H](O)[C@@H](COC(=O)c2ccccc2)O[C@H](OC)[C@@H]1OC(=O)c1ccccc1. The number of hydrogen-bond acceptors (Lipinski definition) is 8. The smallest absolute Gasteiger partial charge is 0.338 e. The topological polar surface area (TPSA) is 101 Å². The summed E-state index contributed by atoms with van der Waals surface area (Å²) in [6, 6.07) is 16.9. The molecule has 3 rings (SSSR count). The zero-order valence-corrected chi connectivity index (χ0v) is 17.7. The van der Waals surface area contributed by atoms with Crippen molar-refractivity contribution in [2.45, 2.75) is 30.7 Å². The van der Waals surface area contributed by atoms with Gasteiger partial charge in [0, 0.05) is 7.11 Å². The van der Waals surface area contributed by atoms with E-state index in [4.69, 9.17) is 23.7 Å². The lowest BCUT2D eigenvalue weighted by Gasteiger charge is -2.42. The van der Waals surface area contributed by atoms with Crippen molar-refractivity contribution in [3.63, 3.8) is 0 Å². The summed E-state index contributed by atoms with van der Waals surface area (Å²) in [7, 11) is 1.38. The number of aliphatic hydroxyl groups is 1. The van der Waals surface area contributed by atoms with Crippen molar-refractivity contribution >= 4 is 11.9 Å². The lowest BCUT2D eigenvalue weighted by molar-refractivity contribution is -0.299. The van der Waals surface area contributed by atoms with Crippen molar-refractivity contribution in [1.29, 1.82) is 0 Å². The Morgan fingerprint density at radius 1 is 1.00 bits per heavy atom. The minimum absolute atomic E-state index is 0.0913. The number of aliphatic hydroxyl groups excluding tert-OH is 1. The molecule has 1 N–H and O–H groups in total. The largest absolute Gasteiger partial charge is 0.459 e. The Morgan fingerprint density at radius 3 is 2.16 bits per heavy atom. The number of rotatable bonds is 9. The van der Waals surface area contributed by atoms with Gasteiger partial charge in [-0.25, -0.2) is 9.59 Å². The van der Waals surface area contributed by atoms with Crippen LogP contribution in [0, 0.1) is 0 Å². The second-order valence-corrected chi connectivity index (χ2v) is 7.06. The van der Waals surface area contributed by atoms with Gasteiger partial charge in [-0.2, -0.15) is 0 Å². The first kappa shape index (κ1) is 23.6. The summed E-state index contributed by atoms with van der Waals surface area (Å²) in [5.74, 6) is -1.17. The fourth-order valence-electron chi connectivity index (χ4n) is 3.29. The number of methoxy groups -OCH3 is 1. The number of esters is 2. The van der Waals surface area contributed by atoms with E-state index in [1.807, 2.05) is 0 Å². The standard InChI is InChI=1S/C24H26O8/c1-3-14-29-20-19(25)18(15-30-22(26)16-10-6-4-7-11-16)31-24(28-2)21(20)32-23(27)17-12-8-5-9-13-17/h3-13,18-21,24-25H,1,14-15H2,2H3/t18-,19+,20+,21-,24+/m1/s1. The molecule has 8 nitrogen and oxygen atoms in total. The van der Waals surface area contributed by atoms with Gasteiger partial charge < -0.3 is 28.8 Å². The fraction of sp³-hybridized carbons (Fsp3) is 0.333. The van der Waals surface area contributed by atoms with Gasteiger partial charge in [0.2, 0.25) is 0 Å². The predicted molar refractivity (Wildman–Crippen MR) is 114 cm³/mol. The first-order valence-electron chi connectivity index (χ1n) is 10.1. The quantitative estimate of drug-likeness (QED) is 0.467. The molecule has 0 radical (unpaired) electrons. The van der Waals surface area contributed by atoms with Gasteiger partial charge in [0.05, 0.1) is 17.7 Å². The van der Waals surface area contributed by atoms with Crippen LogP contribution in [0.1, 0.15) is 20.7 Å². The molecule has 0 unspecified atom stereocenters. The van der Waals surface area contributed by atoms with E-state index in [-0.39, 0.29) is 13.2 Å². The zero-order valence-electron chi connectivity index (χ0n) is 17.7. The summed E-state index contributed by atoms with van der Waals surface area (Å²) >= 11 is 0. The van der Waals surface area contributed by atoms with Crippen LogP contribution in [-0.2, 0) is 23.7 Å². The molecular formula is C24H26O8. The highest BCUT2D eigenvalue weighted by Gasteiger charge is 2.49. The van der Waals surface area contributed by atoms with Gasteiger partial charge in [-0.1, -0.05) is 42.5 Å². The molecule has 0 aromatic heterocycles. The summed E-state index contributed by atoms with van der Waals surface area (Å²) in [5, 5.41) is 10.9. The summed E-state index contributed by atoms with van der Waals surface area (Å²) in [6.45, 7) is 3.45. The summed E-state index contributed by atoms with van der Waals surface area (Å²) in [4.78, 5) is 24.9. The van der Waals surface area contributed by atoms with Crippen LogP contribution >= 0.6 is 0 Å². The van der Waals surface area contributed by atoms with Crippen LogP contribution in [-0.4, -0.2) is 68.1 Å². The van der Waals surface area contributed by atoms with Crippen LogP contribution in [0.15, 0.2) is 73.3 Å². The summed E-state index contributed by atoms with van der Waals surface area (Å²) < 4.78 is 27.7. The molecular weight excluding hydrogens is 416 g/mol.